The number of nitrogens with zero attached hydrogens (tertiary/aromatic N) is 2. The van der Waals surface area contributed by atoms with Crippen LogP contribution in [0.25, 0.3) is 0 Å². The van der Waals surface area contributed by atoms with Crippen LogP contribution in [0.3, 0.4) is 0 Å². The van der Waals surface area contributed by atoms with Crippen LogP contribution in [0.15, 0.2) is 40.6 Å². The molecule has 0 unspecified atom stereocenters. The summed E-state index contributed by atoms with van der Waals surface area (Å²) in [6, 6.07) is 4.57. The van der Waals surface area contributed by atoms with Crippen LogP contribution in [-0.4, -0.2) is 16.6 Å². The van der Waals surface area contributed by atoms with Gasteiger partial charge in [0.1, 0.15) is 0 Å². The van der Waals surface area contributed by atoms with Crippen molar-refractivity contribution in [2.75, 3.05) is 12.3 Å². The van der Waals surface area contributed by atoms with E-state index in [9.17, 15) is 4.39 Å². The summed E-state index contributed by atoms with van der Waals surface area (Å²) < 4.78 is 19.0. The molecule has 0 saturated heterocycles. The van der Waals surface area contributed by atoms with Gasteiger partial charge in [-0.25, -0.2) is 14.4 Å². The Morgan fingerprint density at radius 2 is 2.05 bits per heavy atom. The number of rotatable bonds is 5. The normalized spacial score (nSPS) is 10.4. The van der Waals surface area contributed by atoms with Gasteiger partial charge in [0, 0.05) is 29.0 Å². The van der Waals surface area contributed by atoms with Gasteiger partial charge in [0.25, 0.3) is 0 Å². The van der Waals surface area contributed by atoms with E-state index in [2.05, 4.69) is 9.97 Å². The minimum atomic E-state index is -0.454. The number of halogens is 1. The van der Waals surface area contributed by atoms with Crippen LogP contribution >= 0.6 is 11.8 Å². The van der Waals surface area contributed by atoms with Gasteiger partial charge in [-0.1, -0.05) is 6.92 Å². The number of hydrogen-bond acceptors (Lipinski definition) is 5. The first-order valence-electron chi connectivity index (χ1n) is 5.87. The van der Waals surface area contributed by atoms with E-state index in [0.717, 1.165) is 6.42 Å². The second-order valence-corrected chi connectivity index (χ2v) is 4.81. The maximum Gasteiger partial charge on any atom is 0.192 e. The van der Waals surface area contributed by atoms with E-state index in [1.807, 2.05) is 6.92 Å². The number of ether oxygens (including phenoxy) is 1. The van der Waals surface area contributed by atoms with Crippen molar-refractivity contribution >= 4 is 17.4 Å². The Kier molecular flexibility index (Phi) is 4.57. The van der Waals surface area contributed by atoms with Gasteiger partial charge in [-0.15, -0.1) is 0 Å². The molecule has 1 heterocycles. The molecule has 0 aliphatic carbocycles. The molecular weight excluding hydrogens is 265 g/mol. The second kappa shape index (κ2) is 6.38. The topological polar surface area (TPSA) is 61.0 Å². The van der Waals surface area contributed by atoms with Crippen LogP contribution in [-0.2, 0) is 0 Å². The standard InChI is InChI=1S/C13H14FN3OS/c1-2-6-18-11-8-12(10(15)7-9(11)14)19-13-16-4-3-5-17-13/h3-5,7-8H,2,6,15H2,1H3. The smallest absolute Gasteiger partial charge is 0.192 e. The minimum absolute atomic E-state index is 0.203. The highest BCUT2D eigenvalue weighted by Gasteiger charge is 2.11. The molecule has 0 saturated carbocycles. The van der Waals surface area contributed by atoms with Gasteiger partial charge in [0.05, 0.1) is 6.61 Å². The third-order valence-corrected chi connectivity index (χ3v) is 3.24. The van der Waals surface area contributed by atoms with Gasteiger partial charge in [0.2, 0.25) is 0 Å². The molecule has 100 valence electrons. The average molecular weight is 279 g/mol. The summed E-state index contributed by atoms with van der Waals surface area (Å²) in [7, 11) is 0. The first kappa shape index (κ1) is 13.6. The summed E-state index contributed by atoms with van der Waals surface area (Å²) in [5, 5.41) is 0.558. The lowest BCUT2D eigenvalue weighted by Crippen LogP contribution is -2.00. The lowest BCUT2D eigenvalue weighted by Gasteiger charge is -2.10. The number of anilines is 1. The van der Waals surface area contributed by atoms with Crippen molar-refractivity contribution < 1.29 is 9.13 Å². The average Bonchev–Trinajstić information content (AvgIpc) is 2.42. The second-order valence-electron chi connectivity index (χ2n) is 3.80. The van der Waals surface area contributed by atoms with Gasteiger partial charge in [-0.05, 0) is 30.3 Å². The van der Waals surface area contributed by atoms with Crippen LogP contribution in [0.2, 0.25) is 0 Å². The highest BCUT2D eigenvalue weighted by Crippen LogP contribution is 2.34. The zero-order valence-electron chi connectivity index (χ0n) is 10.5. The summed E-state index contributed by atoms with van der Waals surface area (Å²) in [6.07, 6.45) is 4.10. The molecule has 0 aliphatic rings. The Bertz CT molecular complexity index is 551. The number of nitrogens with two attached hydrogens (primary N) is 1. The predicted octanol–water partition coefficient (Wildman–Crippen LogP) is 3.14. The number of benzene rings is 1. The minimum Gasteiger partial charge on any atom is -0.490 e. The highest BCUT2D eigenvalue weighted by atomic mass is 32.2. The molecule has 1 aromatic heterocycles. The molecule has 0 spiro atoms. The summed E-state index contributed by atoms with van der Waals surface area (Å²) in [5.74, 6) is -0.251. The van der Waals surface area contributed by atoms with Crippen LogP contribution < -0.4 is 10.5 Å². The van der Waals surface area contributed by atoms with Crippen LogP contribution in [0.4, 0.5) is 10.1 Å². The van der Waals surface area contributed by atoms with E-state index in [1.54, 1.807) is 24.5 Å². The van der Waals surface area contributed by atoms with Crippen molar-refractivity contribution in [3.8, 4) is 5.75 Å². The van der Waals surface area contributed by atoms with Crippen molar-refractivity contribution in [3.05, 3.63) is 36.4 Å². The SMILES string of the molecule is CCCOc1cc(Sc2ncccn2)c(N)cc1F. The third kappa shape index (κ3) is 3.57. The highest BCUT2D eigenvalue weighted by molar-refractivity contribution is 7.99. The molecule has 6 heteroatoms. The Labute approximate surface area is 115 Å². The summed E-state index contributed by atoms with van der Waals surface area (Å²) in [5.41, 5.74) is 6.14. The van der Waals surface area contributed by atoms with Gasteiger partial charge in [-0.2, -0.15) is 0 Å². The van der Waals surface area contributed by atoms with Gasteiger partial charge >= 0.3 is 0 Å². The van der Waals surface area contributed by atoms with E-state index in [-0.39, 0.29) is 5.75 Å². The molecule has 0 fully saturated rings. The fourth-order valence-electron chi connectivity index (χ4n) is 1.40. The lowest BCUT2D eigenvalue weighted by molar-refractivity contribution is 0.300. The van der Waals surface area contributed by atoms with Crippen molar-refractivity contribution in [2.24, 2.45) is 0 Å². The maximum absolute atomic E-state index is 13.6. The molecule has 0 atom stereocenters. The zero-order chi connectivity index (χ0) is 13.7. The predicted molar refractivity (Wildman–Crippen MR) is 72.8 cm³/mol. The molecule has 0 radical (unpaired) electrons. The molecule has 2 aromatic rings. The molecule has 0 amide bonds. The van der Waals surface area contributed by atoms with Crippen molar-refractivity contribution in [3.63, 3.8) is 0 Å². The number of nitrogen functional groups attached to an aromatic ring is 1. The Morgan fingerprint density at radius 1 is 1.32 bits per heavy atom. The van der Waals surface area contributed by atoms with Gasteiger partial charge in [0.15, 0.2) is 16.7 Å². The first-order valence-corrected chi connectivity index (χ1v) is 6.69. The fourth-order valence-corrected chi connectivity index (χ4v) is 2.16. The van der Waals surface area contributed by atoms with Crippen LogP contribution in [0, 0.1) is 5.82 Å². The van der Waals surface area contributed by atoms with E-state index < -0.39 is 5.82 Å². The van der Waals surface area contributed by atoms with E-state index >= 15 is 0 Å². The largest absolute Gasteiger partial charge is 0.490 e. The molecule has 4 nitrogen and oxygen atoms in total. The Hall–Kier alpha value is -1.82. The quantitative estimate of drug-likeness (QED) is 0.673. The lowest BCUT2D eigenvalue weighted by atomic mass is 10.3. The van der Waals surface area contributed by atoms with Crippen LogP contribution in [0.5, 0.6) is 5.75 Å². The van der Waals surface area contributed by atoms with E-state index in [1.165, 1.54) is 17.8 Å². The van der Waals surface area contributed by atoms with Gasteiger partial charge in [-0.3, -0.25) is 0 Å². The molecule has 0 aliphatic heterocycles. The molecule has 1 aromatic carbocycles. The molecule has 19 heavy (non-hydrogen) atoms. The van der Waals surface area contributed by atoms with Crippen molar-refractivity contribution in [1.29, 1.82) is 0 Å². The molecule has 2 rings (SSSR count). The third-order valence-electron chi connectivity index (χ3n) is 2.27. The zero-order valence-corrected chi connectivity index (χ0v) is 11.3. The summed E-state index contributed by atoms with van der Waals surface area (Å²) >= 11 is 1.28. The van der Waals surface area contributed by atoms with Crippen LogP contribution in [0.1, 0.15) is 13.3 Å². The van der Waals surface area contributed by atoms with Crippen molar-refractivity contribution in [2.45, 2.75) is 23.4 Å². The Balaban J connectivity index is 2.24. The first-order chi connectivity index (χ1) is 9.20. The summed E-state index contributed by atoms with van der Waals surface area (Å²) in [6.45, 7) is 2.43. The van der Waals surface area contributed by atoms with E-state index in [0.29, 0.717) is 22.3 Å². The van der Waals surface area contributed by atoms with Gasteiger partial charge < -0.3 is 10.5 Å². The number of hydrogen-bond donors (Lipinski definition) is 1. The molecular formula is C13H14FN3OS. The fraction of sp³-hybridized carbons (Fsp3) is 0.231. The molecule has 0 bridgehead atoms. The monoisotopic (exact) mass is 279 g/mol. The number of aromatic nitrogens is 2. The summed E-state index contributed by atoms with van der Waals surface area (Å²) in [4.78, 5) is 8.86. The molecule has 2 N–H and O–H groups in total. The Morgan fingerprint density at radius 3 is 2.74 bits per heavy atom. The van der Waals surface area contributed by atoms with Crippen molar-refractivity contribution in [1.82, 2.24) is 9.97 Å². The van der Waals surface area contributed by atoms with E-state index in [4.69, 9.17) is 10.5 Å². The maximum atomic E-state index is 13.6.